The van der Waals surface area contributed by atoms with Crippen molar-refractivity contribution in [1.82, 2.24) is 14.6 Å². The second-order valence-corrected chi connectivity index (χ2v) is 21.4. The summed E-state index contributed by atoms with van der Waals surface area (Å²) in [4.78, 5) is 62.9. The lowest BCUT2D eigenvalue weighted by molar-refractivity contribution is -0.257. The zero-order valence-electron chi connectivity index (χ0n) is 36.2. The van der Waals surface area contributed by atoms with Crippen LogP contribution < -0.4 is 14.2 Å². The number of nitrogens with zero attached hydrogens (tertiary/aromatic N) is 2. The normalized spacial score (nSPS) is 28.5. The third-order valence-corrected chi connectivity index (χ3v) is 15.2. The second kappa shape index (κ2) is 17.8. The Labute approximate surface area is 366 Å². The molecule has 1 aromatic heterocycles. The second-order valence-electron chi connectivity index (χ2n) is 18.8. The topological polar surface area (TPSA) is 158 Å². The predicted octanol–water partition coefficient (Wildman–Crippen LogP) is 8.40. The van der Waals surface area contributed by atoms with Crippen molar-refractivity contribution < 1.29 is 55.0 Å². The molecule has 1 N–H and O–H groups in total. The number of alkyl halides is 3. The summed E-state index contributed by atoms with van der Waals surface area (Å²) in [7, 11) is -4.05. The summed E-state index contributed by atoms with van der Waals surface area (Å²) < 4.78 is 86.2. The lowest BCUT2D eigenvalue weighted by Crippen LogP contribution is -2.48. The molecule has 2 aliphatic heterocycles. The number of sulfonamides is 1. The standard InChI is InChI=1S/C45H57ClF3N3O9S/c1-26(2)59-32-14-12-29(13-15-32)35-19-31(46)20-38(50-35)60-33-21-36-37(53)24-44(41(56)51-62(57,58)43(7)16-17-43)23-30(44)11-9-8-10-27(3)18-28(4)34(40(55)52(36)25-33)22-39(54)61-42(5,6)45(47,48)49/h9,11-15,19-20,26-28,30,33-34,36H,8,10,16-18,21-25H2,1-7H3,(H,51,56)/b11-9-/t27-,28+,30+,33+,34-,36-,44+/m0/s1. The van der Waals surface area contributed by atoms with Gasteiger partial charge in [-0.2, -0.15) is 13.2 Å². The number of benzene rings is 1. The zero-order valence-corrected chi connectivity index (χ0v) is 37.8. The molecule has 0 spiro atoms. The molecule has 1 saturated heterocycles. The van der Waals surface area contributed by atoms with E-state index in [0.29, 0.717) is 54.1 Å². The molecule has 2 aromatic rings. The SMILES string of the molecule is CC(C)Oc1ccc(-c2cc(Cl)cc(O[C@@H]3C[C@H]4C(=O)C[C@]5(C(=O)NS(=O)(=O)C6(C)CC6)C[C@H]5/C=C\CC[C@H](C)C[C@@H](C)[C@H](CC(=O)OC(C)(C)C(F)(F)F)C(=O)N4C3)n2)cc1. The Kier molecular flexibility index (Phi) is 13.6. The zero-order chi connectivity index (χ0) is 45.6. The number of ether oxygens (including phenoxy) is 3. The lowest BCUT2D eigenvalue weighted by atomic mass is 9.82. The number of allylic oxidation sites excluding steroid dienone is 2. The molecule has 3 fully saturated rings. The first-order valence-electron chi connectivity index (χ1n) is 21.3. The molecule has 6 rings (SSSR count). The van der Waals surface area contributed by atoms with E-state index in [9.17, 15) is 40.8 Å². The quantitative estimate of drug-likeness (QED) is 0.172. The number of fused-ring (bicyclic) bond motifs is 2. The Morgan fingerprint density at radius 2 is 1.74 bits per heavy atom. The Bertz CT molecular complexity index is 2180. The van der Waals surface area contributed by atoms with Crippen LogP contribution in [0.25, 0.3) is 11.3 Å². The number of aromatic nitrogens is 1. The number of carbonyl (C=O) groups is 4. The highest BCUT2D eigenvalue weighted by Gasteiger charge is 2.63. The molecule has 0 bridgehead atoms. The van der Waals surface area contributed by atoms with Gasteiger partial charge in [-0.05, 0) is 121 Å². The number of ketones is 1. The molecular weight excluding hydrogens is 851 g/mol. The highest BCUT2D eigenvalue weighted by molar-refractivity contribution is 7.91. The van der Waals surface area contributed by atoms with Crippen LogP contribution in [-0.4, -0.2) is 83.2 Å². The third-order valence-electron chi connectivity index (χ3n) is 12.8. The van der Waals surface area contributed by atoms with Crippen molar-refractivity contribution in [3.8, 4) is 22.9 Å². The van der Waals surface area contributed by atoms with E-state index >= 15 is 0 Å². The molecule has 0 unspecified atom stereocenters. The molecule has 2 saturated carbocycles. The van der Waals surface area contributed by atoms with Crippen LogP contribution in [-0.2, 0) is 33.9 Å². The van der Waals surface area contributed by atoms with Crippen molar-refractivity contribution in [2.24, 2.45) is 29.1 Å². The molecule has 12 nitrogen and oxygen atoms in total. The van der Waals surface area contributed by atoms with E-state index in [-0.39, 0.29) is 37.3 Å². The Morgan fingerprint density at radius 3 is 2.37 bits per heavy atom. The van der Waals surface area contributed by atoms with Crippen LogP contribution in [0, 0.1) is 29.1 Å². The summed E-state index contributed by atoms with van der Waals surface area (Å²) in [6.45, 7) is 10.4. The van der Waals surface area contributed by atoms with Crippen LogP contribution in [0.2, 0.25) is 5.02 Å². The third kappa shape index (κ3) is 10.6. The van der Waals surface area contributed by atoms with Crippen molar-refractivity contribution in [1.29, 1.82) is 0 Å². The van der Waals surface area contributed by atoms with Gasteiger partial charge in [-0.1, -0.05) is 37.6 Å². The highest BCUT2D eigenvalue weighted by Crippen LogP contribution is 2.58. The number of hydrogen-bond donors (Lipinski definition) is 1. The number of esters is 1. The maximum atomic E-state index is 14.9. The summed E-state index contributed by atoms with van der Waals surface area (Å²) in [5.74, 6) is -4.56. The maximum absolute atomic E-state index is 14.9. The molecule has 1 aromatic carbocycles. The number of nitrogens with one attached hydrogen (secondary N) is 1. The van der Waals surface area contributed by atoms with Crippen LogP contribution >= 0.6 is 11.6 Å². The molecule has 340 valence electrons. The number of pyridine rings is 1. The van der Waals surface area contributed by atoms with Crippen molar-refractivity contribution in [3.63, 3.8) is 0 Å². The van der Waals surface area contributed by atoms with Gasteiger partial charge in [0.1, 0.15) is 11.9 Å². The fourth-order valence-corrected chi connectivity index (χ4v) is 10.0. The first-order chi connectivity index (χ1) is 28.8. The highest BCUT2D eigenvalue weighted by atomic mass is 35.5. The Hall–Kier alpha value is -4.18. The molecule has 17 heteroatoms. The van der Waals surface area contributed by atoms with E-state index in [2.05, 4.69) is 9.71 Å². The van der Waals surface area contributed by atoms with Gasteiger partial charge in [-0.15, -0.1) is 0 Å². The number of amides is 2. The van der Waals surface area contributed by atoms with Gasteiger partial charge >= 0.3 is 12.1 Å². The molecule has 7 atom stereocenters. The number of hydrogen-bond acceptors (Lipinski definition) is 10. The number of rotatable bonds is 11. The van der Waals surface area contributed by atoms with Crippen LogP contribution in [0.15, 0.2) is 48.6 Å². The van der Waals surface area contributed by atoms with Gasteiger partial charge in [-0.3, -0.25) is 23.9 Å². The van der Waals surface area contributed by atoms with Crippen molar-refractivity contribution in [3.05, 3.63) is 53.6 Å². The van der Waals surface area contributed by atoms with Gasteiger partial charge in [0.25, 0.3) is 0 Å². The molecule has 2 aliphatic carbocycles. The van der Waals surface area contributed by atoms with Crippen molar-refractivity contribution >= 4 is 45.2 Å². The fourth-order valence-electron chi connectivity index (χ4n) is 8.48. The minimum absolute atomic E-state index is 0.00326. The predicted molar refractivity (Wildman–Crippen MR) is 225 cm³/mol. The lowest BCUT2D eigenvalue weighted by Gasteiger charge is -2.33. The molecular formula is C45H57ClF3N3O9S. The maximum Gasteiger partial charge on any atom is 0.427 e. The van der Waals surface area contributed by atoms with E-state index in [0.717, 1.165) is 13.8 Å². The first-order valence-corrected chi connectivity index (χ1v) is 23.2. The van der Waals surface area contributed by atoms with Gasteiger partial charge in [0.15, 0.2) is 5.78 Å². The van der Waals surface area contributed by atoms with Gasteiger partial charge in [0.2, 0.25) is 33.3 Å². The summed E-state index contributed by atoms with van der Waals surface area (Å²) in [6, 6.07) is 9.17. The van der Waals surface area contributed by atoms with Gasteiger partial charge in [-0.25, -0.2) is 13.4 Å². The van der Waals surface area contributed by atoms with Crippen LogP contribution in [0.1, 0.15) is 106 Å². The van der Waals surface area contributed by atoms with Gasteiger partial charge in [0.05, 0.1) is 46.9 Å². The number of Topliss-reactive ketones (excluding diaryl/α,β-unsaturated/α-hetero) is 1. The van der Waals surface area contributed by atoms with E-state index < -0.39 is 98.3 Å². The summed E-state index contributed by atoms with van der Waals surface area (Å²) in [5, 5.41) is 0.298. The Morgan fingerprint density at radius 1 is 1.06 bits per heavy atom. The summed E-state index contributed by atoms with van der Waals surface area (Å²) in [5.41, 5.74) is -3.04. The fraction of sp³-hybridized carbons (Fsp3) is 0.622. The summed E-state index contributed by atoms with van der Waals surface area (Å²) in [6.07, 6.45) is -0.468. The molecule has 0 radical (unpaired) electrons. The average molecular weight is 908 g/mol. The van der Waals surface area contributed by atoms with Crippen molar-refractivity contribution in [2.45, 2.75) is 141 Å². The van der Waals surface area contributed by atoms with E-state index in [1.54, 1.807) is 32.0 Å². The number of carbonyl (C=O) groups excluding carboxylic acids is 4. The molecule has 4 aliphatic rings. The monoisotopic (exact) mass is 907 g/mol. The van der Waals surface area contributed by atoms with E-state index in [1.165, 1.54) is 11.0 Å². The Balaban J connectivity index is 1.33. The molecule has 3 heterocycles. The van der Waals surface area contributed by atoms with Gasteiger partial charge < -0.3 is 19.1 Å². The van der Waals surface area contributed by atoms with E-state index in [4.69, 9.17) is 25.8 Å². The largest absolute Gasteiger partial charge is 0.491 e. The van der Waals surface area contributed by atoms with Crippen molar-refractivity contribution in [2.75, 3.05) is 6.54 Å². The average Bonchev–Trinajstić information content (AvgIpc) is 4.04. The smallest absolute Gasteiger partial charge is 0.427 e. The first kappa shape index (κ1) is 47.3. The molecule has 62 heavy (non-hydrogen) atoms. The van der Waals surface area contributed by atoms with Crippen LogP contribution in [0.3, 0.4) is 0 Å². The van der Waals surface area contributed by atoms with Crippen LogP contribution in [0.4, 0.5) is 13.2 Å². The van der Waals surface area contributed by atoms with Crippen LogP contribution in [0.5, 0.6) is 11.6 Å². The van der Waals surface area contributed by atoms with E-state index in [1.807, 2.05) is 45.1 Å². The molecule has 2 amide bonds. The van der Waals surface area contributed by atoms with Gasteiger partial charge in [0, 0.05) is 29.5 Å². The summed E-state index contributed by atoms with van der Waals surface area (Å²) >= 11 is 6.55. The number of halogens is 4. The minimum Gasteiger partial charge on any atom is -0.491 e. The minimum atomic E-state index is -4.88.